The van der Waals surface area contributed by atoms with E-state index in [-0.39, 0.29) is 16.5 Å². The first-order chi connectivity index (χ1) is 10.2. The van der Waals surface area contributed by atoms with Gasteiger partial charge in [-0.25, -0.2) is 13.1 Å². The van der Waals surface area contributed by atoms with Gasteiger partial charge in [-0.1, -0.05) is 26.0 Å². The Morgan fingerprint density at radius 3 is 2.50 bits per heavy atom. The van der Waals surface area contributed by atoms with Gasteiger partial charge >= 0.3 is 0 Å². The summed E-state index contributed by atoms with van der Waals surface area (Å²) in [6.07, 6.45) is 1.77. The lowest BCUT2D eigenvalue weighted by Crippen LogP contribution is -2.26. The normalized spacial score (nSPS) is 11.8. The highest BCUT2D eigenvalue weighted by Crippen LogP contribution is 2.27. The van der Waals surface area contributed by atoms with E-state index in [9.17, 15) is 18.5 Å². The average molecular weight is 329 g/mol. The molecule has 0 heterocycles. The fraction of sp³-hybridized carbons (Fsp3) is 0.571. The monoisotopic (exact) mass is 329 g/mol. The molecular weight excluding hydrogens is 306 g/mol. The Labute approximate surface area is 131 Å². The van der Waals surface area contributed by atoms with Crippen molar-refractivity contribution in [2.75, 3.05) is 19.3 Å². The predicted molar refractivity (Wildman–Crippen MR) is 86.4 cm³/mol. The van der Waals surface area contributed by atoms with Gasteiger partial charge in [0.05, 0.1) is 11.2 Å². The zero-order valence-electron chi connectivity index (χ0n) is 13.1. The fourth-order valence-corrected chi connectivity index (χ4v) is 2.56. The van der Waals surface area contributed by atoms with Crippen LogP contribution >= 0.6 is 0 Å². The molecule has 0 aromatic heterocycles. The summed E-state index contributed by atoms with van der Waals surface area (Å²) in [6.45, 7) is 5.36. The molecule has 0 unspecified atom stereocenters. The van der Waals surface area contributed by atoms with Crippen molar-refractivity contribution in [1.29, 1.82) is 0 Å². The predicted octanol–water partition coefficient (Wildman–Crippen LogP) is 1.75. The largest absolute Gasteiger partial charge is 0.313 e. The zero-order valence-corrected chi connectivity index (χ0v) is 13.9. The molecule has 2 N–H and O–H groups in total. The van der Waals surface area contributed by atoms with Gasteiger partial charge in [-0.3, -0.25) is 10.1 Å². The van der Waals surface area contributed by atoms with Gasteiger partial charge in [-0.2, -0.15) is 0 Å². The molecule has 0 atom stereocenters. The lowest BCUT2D eigenvalue weighted by atomic mass is 9.99. The van der Waals surface area contributed by atoms with Gasteiger partial charge in [0.25, 0.3) is 5.69 Å². The minimum atomic E-state index is -3.14. The Balaban J connectivity index is 2.50. The number of benzene rings is 1. The molecule has 1 aromatic rings. The lowest BCUT2D eigenvalue weighted by Gasteiger charge is -2.09. The van der Waals surface area contributed by atoms with Crippen molar-refractivity contribution < 1.29 is 13.3 Å². The summed E-state index contributed by atoms with van der Waals surface area (Å²) < 4.78 is 24.2. The third-order valence-electron chi connectivity index (χ3n) is 3.14. The molecule has 8 heteroatoms. The Morgan fingerprint density at radius 1 is 1.27 bits per heavy atom. The second kappa shape index (κ2) is 8.21. The summed E-state index contributed by atoms with van der Waals surface area (Å²) in [7, 11) is -3.14. The highest BCUT2D eigenvalue weighted by molar-refractivity contribution is 7.88. The molecule has 0 aliphatic rings. The summed E-state index contributed by atoms with van der Waals surface area (Å²) in [5, 5.41) is 14.3. The van der Waals surface area contributed by atoms with Crippen molar-refractivity contribution in [2.45, 2.75) is 32.7 Å². The van der Waals surface area contributed by atoms with E-state index in [1.54, 1.807) is 12.1 Å². The Hall–Kier alpha value is -1.51. The van der Waals surface area contributed by atoms with Crippen molar-refractivity contribution in [3.8, 4) is 0 Å². The minimum Gasteiger partial charge on any atom is -0.313 e. The molecule has 0 radical (unpaired) electrons. The van der Waals surface area contributed by atoms with E-state index in [1.807, 2.05) is 19.9 Å². The van der Waals surface area contributed by atoms with Crippen LogP contribution in [0.2, 0.25) is 0 Å². The highest BCUT2D eigenvalue weighted by atomic mass is 32.2. The van der Waals surface area contributed by atoms with E-state index >= 15 is 0 Å². The van der Waals surface area contributed by atoms with Crippen LogP contribution in [0.4, 0.5) is 5.69 Å². The number of nitro benzene ring substituents is 1. The number of nitrogens with one attached hydrogen (secondary N) is 2. The first kappa shape index (κ1) is 18.5. The molecule has 0 bridgehead atoms. The molecule has 124 valence electrons. The van der Waals surface area contributed by atoms with E-state index in [0.29, 0.717) is 26.1 Å². The third-order valence-corrected chi connectivity index (χ3v) is 3.87. The van der Waals surface area contributed by atoms with E-state index in [0.717, 1.165) is 17.4 Å². The van der Waals surface area contributed by atoms with Crippen molar-refractivity contribution in [1.82, 2.24) is 10.0 Å². The van der Waals surface area contributed by atoms with Crippen LogP contribution in [0.1, 0.15) is 37.3 Å². The Morgan fingerprint density at radius 2 is 1.95 bits per heavy atom. The minimum absolute atomic E-state index is 0.101. The fourth-order valence-electron chi connectivity index (χ4n) is 2.05. The lowest BCUT2D eigenvalue weighted by molar-refractivity contribution is -0.385. The molecule has 0 saturated heterocycles. The van der Waals surface area contributed by atoms with Crippen LogP contribution in [-0.4, -0.2) is 32.7 Å². The van der Waals surface area contributed by atoms with Gasteiger partial charge in [0, 0.05) is 24.7 Å². The molecule has 0 fully saturated rings. The maximum atomic E-state index is 11.1. The summed E-state index contributed by atoms with van der Waals surface area (Å²) >= 11 is 0. The van der Waals surface area contributed by atoms with Crippen LogP contribution in [0.15, 0.2) is 18.2 Å². The second-order valence-corrected chi connectivity index (χ2v) is 7.33. The Bertz CT molecular complexity index is 615. The van der Waals surface area contributed by atoms with Crippen molar-refractivity contribution >= 4 is 15.7 Å². The van der Waals surface area contributed by atoms with Crippen LogP contribution in [0.25, 0.3) is 0 Å². The van der Waals surface area contributed by atoms with Crippen LogP contribution in [-0.2, 0) is 16.6 Å². The maximum Gasteiger partial charge on any atom is 0.273 e. The zero-order chi connectivity index (χ0) is 16.8. The van der Waals surface area contributed by atoms with E-state index in [1.165, 1.54) is 0 Å². The van der Waals surface area contributed by atoms with Crippen molar-refractivity contribution in [3.63, 3.8) is 0 Å². The Kier molecular flexibility index (Phi) is 6.92. The molecule has 0 aliphatic heterocycles. The summed E-state index contributed by atoms with van der Waals surface area (Å²) in [4.78, 5) is 10.8. The standard InChI is InChI=1S/C14H23N3O4S/c1-11(2)13-6-5-12(9-14(13)17(18)19)10-15-7-4-8-16-22(3,20)21/h5-6,9,11,15-16H,4,7-8,10H2,1-3H3. The van der Waals surface area contributed by atoms with Crippen LogP contribution in [0.3, 0.4) is 0 Å². The van der Waals surface area contributed by atoms with Crippen LogP contribution in [0, 0.1) is 10.1 Å². The second-order valence-electron chi connectivity index (χ2n) is 5.50. The van der Waals surface area contributed by atoms with Crippen LogP contribution < -0.4 is 10.0 Å². The number of sulfonamides is 1. The quantitative estimate of drug-likeness (QED) is 0.408. The van der Waals surface area contributed by atoms with E-state index in [4.69, 9.17) is 0 Å². The van der Waals surface area contributed by atoms with Crippen LogP contribution in [0.5, 0.6) is 0 Å². The van der Waals surface area contributed by atoms with Gasteiger partial charge in [-0.15, -0.1) is 0 Å². The summed E-state index contributed by atoms with van der Waals surface area (Å²) in [5.41, 5.74) is 1.71. The highest BCUT2D eigenvalue weighted by Gasteiger charge is 2.16. The molecule has 0 saturated carbocycles. The van der Waals surface area contributed by atoms with Gasteiger partial charge in [-0.05, 0) is 24.4 Å². The third kappa shape index (κ3) is 6.50. The number of hydrogen-bond acceptors (Lipinski definition) is 5. The first-order valence-electron chi connectivity index (χ1n) is 7.13. The molecule has 7 nitrogen and oxygen atoms in total. The van der Waals surface area contributed by atoms with E-state index < -0.39 is 10.0 Å². The molecule has 22 heavy (non-hydrogen) atoms. The van der Waals surface area contributed by atoms with Crippen molar-refractivity contribution in [3.05, 3.63) is 39.4 Å². The van der Waals surface area contributed by atoms with E-state index in [2.05, 4.69) is 10.0 Å². The summed E-state index contributed by atoms with van der Waals surface area (Å²) in [5.74, 6) is 0.101. The number of nitrogens with zero attached hydrogens (tertiary/aromatic N) is 1. The van der Waals surface area contributed by atoms with Gasteiger partial charge in [0.2, 0.25) is 10.0 Å². The number of nitro groups is 1. The number of rotatable bonds is 9. The molecule has 1 rings (SSSR count). The smallest absolute Gasteiger partial charge is 0.273 e. The first-order valence-corrected chi connectivity index (χ1v) is 9.02. The molecule has 1 aromatic carbocycles. The molecule has 0 spiro atoms. The SMILES string of the molecule is CC(C)c1ccc(CNCCCNS(C)(=O)=O)cc1[N+](=O)[O-]. The van der Waals surface area contributed by atoms with Gasteiger partial charge in [0.15, 0.2) is 0 Å². The van der Waals surface area contributed by atoms with Gasteiger partial charge in [0.1, 0.15) is 0 Å². The van der Waals surface area contributed by atoms with Gasteiger partial charge < -0.3 is 5.32 Å². The topological polar surface area (TPSA) is 101 Å². The number of hydrogen-bond donors (Lipinski definition) is 2. The molecular formula is C14H23N3O4S. The van der Waals surface area contributed by atoms with Crippen molar-refractivity contribution in [2.24, 2.45) is 0 Å². The summed E-state index contributed by atoms with van der Waals surface area (Å²) in [6, 6.07) is 5.27. The average Bonchev–Trinajstić information content (AvgIpc) is 2.41. The maximum absolute atomic E-state index is 11.1. The molecule has 0 amide bonds. The molecule has 0 aliphatic carbocycles.